The van der Waals surface area contributed by atoms with E-state index in [4.69, 9.17) is 14.7 Å². The second-order valence-corrected chi connectivity index (χ2v) is 5.27. The zero-order valence-electron chi connectivity index (χ0n) is 12.7. The lowest BCUT2D eigenvalue weighted by molar-refractivity contribution is -0.143. The van der Waals surface area contributed by atoms with E-state index in [-0.39, 0.29) is 13.2 Å². The van der Waals surface area contributed by atoms with Gasteiger partial charge < -0.3 is 14.4 Å². The van der Waals surface area contributed by atoms with E-state index in [1.54, 1.807) is 12.5 Å². The van der Waals surface area contributed by atoms with Crippen LogP contribution in [0.3, 0.4) is 0 Å². The Morgan fingerprint density at radius 2 is 2.14 bits per heavy atom. The van der Waals surface area contributed by atoms with E-state index in [1.165, 1.54) is 24.8 Å². The third kappa shape index (κ3) is 5.87. The molecule has 122 valence electrons. The van der Waals surface area contributed by atoms with Crippen LogP contribution in [0.4, 0.5) is 0 Å². The van der Waals surface area contributed by atoms with Gasteiger partial charge in [0.1, 0.15) is 6.61 Å². The van der Waals surface area contributed by atoms with E-state index in [0.717, 1.165) is 18.5 Å². The van der Waals surface area contributed by atoms with Crippen molar-refractivity contribution in [3.05, 3.63) is 30.0 Å². The van der Waals surface area contributed by atoms with Crippen LogP contribution < -0.4 is 5.48 Å². The Bertz CT molecular complexity index is 477. The monoisotopic (exact) mass is 309 g/mol. The van der Waals surface area contributed by atoms with Crippen LogP contribution >= 0.6 is 0 Å². The summed E-state index contributed by atoms with van der Waals surface area (Å²) in [5.41, 5.74) is 5.48. The maximum atomic E-state index is 10.3. The predicted octanol–water partition coefficient (Wildman–Crippen LogP) is 1.72. The number of nitrogens with one attached hydrogen (secondary N) is 1. The fraction of sp³-hybridized carbons (Fsp3) is 0.600. The Morgan fingerprint density at radius 1 is 1.32 bits per heavy atom. The maximum absolute atomic E-state index is 10.3. The van der Waals surface area contributed by atoms with Crippen LogP contribution in [0, 0.1) is 0 Å². The van der Waals surface area contributed by atoms with Crippen LogP contribution in [0.5, 0.6) is 0 Å². The van der Waals surface area contributed by atoms with Gasteiger partial charge in [-0.3, -0.25) is 10.3 Å². The van der Waals surface area contributed by atoms with Gasteiger partial charge in [-0.15, -0.1) is 0 Å². The average Bonchev–Trinajstić information content (AvgIpc) is 3.03. The van der Waals surface area contributed by atoms with Gasteiger partial charge in [0.15, 0.2) is 0 Å². The molecule has 1 aliphatic rings. The molecule has 7 nitrogen and oxygen atoms in total. The second-order valence-electron chi connectivity index (χ2n) is 5.27. The molecule has 0 amide bonds. The van der Waals surface area contributed by atoms with Gasteiger partial charge in [-0.25, -0.2) is 9.78 Å². The summed E-state index contributed by atoms with van der Waals surface area (Å²) in [5, 5.41) is 8.47. The van der Waals surface area contributed by atoms with E-state index in [0.29, 0.717) is 13.2 Å². The Labute approximate surface area is 129 Å². The lowest BCUT2D eigenvalue weighted by Crippen LogP contribution is -2.23. The molecule has 0 unspecified atom stereocenters. The van der Waals surface area contributed by atoms with Crippen LogP contribution in [0.1, 0.15) is 32.1 Å². The minimum atomic E-state index is -0.974. The molecule has 1 heterocycles. The molecular formula is C15H23N3O4. The lowest BCUT2D eigenvalue weighted by Gasteiger charge is -2.20. The first-order chi connectivity index (χ1) is 10.8. The Hall–Kier alpha value is -1.86. The largest absolute Gasteiger partial charge is 0.480 e. The molecule has 0 radical (unpaired) electrons. The summed E-state index contributed by atoms with van der Waals surface area (Å²) in [5.74, 6) is -0.974. The molecule has 1 fully saturated rings. The molecule has 1 aliphatic carbocycles. The summed E-state index contributed by atoms with van der Waals surface area (Å²) in [6.45, 7) is 0.943. The quantitative estimate of drug-likeness (QED) is 0.534. The molecule has 0 aromatic carbocycles. The zero-order chi connectivity index (χ0) is 15.6. The summed E-state index contributed by atoms with van der Waals surface area (Å²) in [6.07, 6.45) is 11.3. The number of aliphatic carboxylic acids is 1. The van der Waals surface area contributed by atoms with Crippen molar-refractivity contribution in [3.63, 3.8) is 0 Å². The number of hydrogen-bond donors (Lipinski definition) is 2. The highest BCUT2D eigenvalue weighted by atomic mass is 16.7. The van der Waals surface area contributed by atoms with Crippen molar-refractivity contribution in [2.45, 2.75) is 38.6 Å². The number of carboxylic acid groups (broad SMARTS) is 1. The van der Waals surface area contributed by atoms with E-state index >= 15 is 0 Å². The van der Waals surface area contributed by atoms with Crippen molar-refractivity contribution in [2.75, 3.05) is 19.8 Å². The normalized spacial score (nSPS) is 14.8. The summed E-state index contributed by atoms with van der Waals surface area (Å²) < 4.78 is 6.93. The SMILES string of the molecule is O=C(O)COCCONC(Cn1ccnc1)=C1CCCCC1. The number of carboxylic acids is 1. The first-order valence-corrected chi connectivity index (χ1v) is 7.59. The van der Waals surface area contributed by atoms with Gasteiger partial charge in [-0.05, 0) is 31.3 Å². The summed E-state index contributed by atoms with van der Waals surface area (Å²) in [4.78, 5) is 19.8. The number of hydrogen-bond acceptors (Lipinski definition) is 5. The molecule has 1 saturated carbocycles. The van der Waals surface area contributed by atoms with E-state index in [9.17, 15) is 4.79 Å². The van der Waals surface area contributed by atoms with Crippen LogP contribution in [0.2, 0.25) is 0 Å². The average molecular weight is 309 g/mol. The Morgan fingerprint density at radius 3 is 2.82 bits per heavy atom. The Balaban J connectivity index is 1.81. The van der Waals surface area contributed by atoms with E-state index in [2.05, 4.69) is 10.5 Å². The van der Waals surface area contributed by atoms with Gasteiger partial charge in [0, 0.05) is 12.4 Å². The van der Waals surface area contributed by atoms with Gasteiger partial charge in [-0.2, -0.15) is 0 Å². The van der Waals surface area contributed by atoms with Crippen LogP contribution in [-0.4, -0.2) is 40.4 Å². The number of ether oxygens (including phenoxy) is 1. The third-order valence-electron chi connectivity index (χ3n) is 3.53. The topological polar surface area (TPSA) is 85.6 Å². The number of allylic oxidation sites excluding steroid dienone is 2. The number of imidazole rings is 1. The standard InChI is InChI=1S/C15H23N3O4/c19-15(20)11-21-8-9-22-17-14(10-18-7-6-16-12-18)13-4-2-1-3-5-13/h6-7,12,17H,1-5,8-11H2,(H,19,20). The van der Waals surface area contributed by atoms with Gasteiger partial charge in [-0.1, -0.05) is 6.42 Å². The molecule has 0 bridgehead atoms. The maximum Gasteiger partial charge on any atom is 0.329 e. The minimum absolute atomic E-state index is 0.243. The van der Waals surface area contributed by atoms with Crippen molar-refractivity contribution in [1.29, 1.82) is 0 Å². The molecular weight excluding hydrogens is 286 g/mol. The summed E-state index contributed by atoms with van der Waals surface area (Å²) in [7, 11) is 0. The van der Waals surface area contributed by atoms with Gasteiger partial charge in [0.25, 0.3) is 0 Å². The molecule has 1 aromatic rings. The predicted molar refractivity (Wildman–Crippen MR) is 79.9 cm³/mol. The second kappa shape index (κ2) is 9.22. The first-order valence-electron chi connectivity index (χ1n) is 7.59. The summed E-state index contributed by atoms with van der Waals surface area (Å²) >= 11 is 0. The fourth-order valence-electron chi connectivity index (χ4n) is 2.46. The molecule has 0 spiro atoms. The molecule has 1 aromatic heterocycles. The van der Waals surface area contributed by atoms with Crippen LogP contribution in [-0.2, 0) is 20.9 Å². The highest BCUT2D eigenvalue weighted by molar-refractivity contribution is 5.67. The number of nitrogens with zero attached hydrogens (tertiary/aromatic N) is 2. The molecule has 2 N–H and O–H groups in total. The van der Waals surface area contributed by atoms with E-state index in [1.807, 2.05) is 10.8 Å². The number of hydroxylamine groups is 1. The van der Waals surface area contributed by atoms with Gasteiger partial charge >= 0.3 is 5.97 Å². The highest BCUT2D eigenvalue weighted by Crippen LogP contribution is 2.25. The highest BCUT2D eigenvalue weighted by Gasteiger charge is 2.12. The van der Waals surface area contributed by atoms with Crippen molar-refractivity contribution in [3.8, 4) is 0 Å². The van der Waals surface area contributed by atoms with Crippen molar-refractivity contribution >= 4 is 5.97 Å². The van der Waals surface area contributed by atoms with Crippen molar-refractivity contribution < 1.29 is 19.5 Å². The molecule has 0 atom stereocenters. The lowest BCUT2D eigenvalue weighted by atomic mass is 9.93. The molecule has 0 saturated heterocycles. The Kier molecular flexibility index (Phi) is 6.92. The summed E-state index contributed by atoms with van der Waals surface area (Å²) in [6, 6.07) is 0. The third-order valence-corrected chi connectivity index (χ3v) is 3.53. The molecule has 7 heteroatoms. The molecule has 0 aliphatic heterocycles. The number of carbonyl (C=O) groups is 1. The first kappa shape index (κ1) is 16.5. The van der Waals surface area contributed by atoms with Gasteiger partial charge in [0.05, 0.1) is 31.8 Å². The fourth-order valence-corrected chi connectivity index (χ4v) is 2.46. The zero-order valence-corrected chi connectivity index (χ0v) is 12.7. The van der Waals surface area contributed by atoms with E-state index < -0.39 is 5.97 Å². The minimum Gasteiger partial charge on any atom is -0.480 e. The van der Waals surface area contributed by atoms with Crippen molar-refractivity contribution in [1.82, 2.24) is 15.0 Å². The number of aromatic nitrogens is 2. The van der Waals surface area contributed by atoms with Crippen LogP contribution in [0.25, 0.3) is 0 Å². The van der Waals surface area contributed by atoms with Gasteiger partial charge in [0.2, 0.25) is 0 Å². The van der Waals surface area contributed by atoms with Crippen LogP contribution in [0.15, 0.2) is 30.0 Å². The van der Waals surface area contributed by atoms with Crippen molar-refractivity contribution in [2.24, 2.45) is 0 Å². The molecule has 22 heavy (non-hydrogen) atoms. The number of rotatable bonds is 9. The molecule has 2 rings (SSSR count). The smallest absolute Gasteiger partial charge is 0.329 e.